The van der Waals surface area contributed by atoms with E-state index in [1.165, 1.54) is 0 Å². The lowest BCUT2D eigenvalue weighted by atomic mass is 10.4. The number of esters is 1. The lowest BCUT2D eigenvalue weighted by Gasteiger charge is -1.96. The maximum Gasteiger partial charge on any atom is 0.333 e. The van der Waals surface area contributed by atoms with Crippen LogP contribution < -0.4 is 16.8 Å². The lowest BCUT2D eigenvalue weighted by molar-refractivity contribution is -0.138. The molecule has 0 radical (unpaired) electrons. The molecule has 0 saturated heterocycles. The van der Waals surface area contributed by atoms with Crippen molar-refractivity contribution in [2.75, 3.05) is 6.61 Å². The van der Waals surface area contributed by atoms with Gasteiger partial charge in [-0.3, -0.25) is 16.1 Å². The summed E-state index contributed by atoms with van der Waals surface area (Å²) in [6.45, 7) is 7.21. The normalized spacial score (nSPS) is 7.38. The Balaban J connectivity index is -0.000000200. The molecule has 0 aromatic rings. The van der Waals surface area contributed by atoms with Crippen molar-refractivity contribution < 1.29 is 9.53 Å². The van der Waals surface area contributed by atoms with E-state index in [2.05, 4.69) is 11.3 Å². The van der Waals surface area contributed by atoms with Crippen LogP contribution in [0.25, 0.3) is 0 Å². The Labute approximate surface area is 101 Å². The molecule has 7 N–H and O–H groups in total. The van der Waals surface area contributed by atoms with E-state index in [1.54, 1.807) is 13.8 Å². The van der Waals surface area contributed by atoms with Crippen LogP contribution in [0, 0.1) is 10.8 Å². The van der Waals surface area contributed by atoms with Crippen molar-refractivity contribution in [1.29, 1.82) is 10.8 Å². The Morgan fingerprint density at radius 2 is 1.75 bits per heavy atom. The van der Waals surface area contributed by atoms with Gasteiger partial charge in [-0.15, -0.1) is 12.4 Å². The molecular formula is C8H18ClN5O2. The molecule has 0 fully saturated rings. The fourth-order valence-electron chi connectivity index (χ4n) is 0.399. The zero-order chi connectivity index (χ0) is 12.4. The number of nitrogens with one attached hydrogen (secondary N) is 3. The van der Waals surface area contributed by atoms with Gasteiger partial charge in [-0.25, -0.2) is 4.79 Å². The van der Waals surface area contributed by atoms with Gasteiger partial charge in [-0.05, 0) is 13.8 Å². The first kappa shape index (κ1) is 19.8. The van der Waals surface area contributed by atoms with Gasteiger partial charge in [0, 0.05) is 5.57 Å². The number of hydrogen-bond donors (Lipinski definition) is 5. The first-order chi connectivity index (χ1) is 6.81. The monoisotopic (exact) mass is 251 g/mol. The average molecular weight is 252 g/mol. The van der Waals surface area contributed by atoms with Crippen LogP contribution in [0.15, 0.2) is 12.2 Å². The number of hydrogen-bond acceptors (Lipinski definition) is 4. The third-order valence-corrected chi connectivity index (χ3v) is 0.893. The largest absolute Gasteiger partial charge is 0.463 e. The van der Waals surface area contributed by atoms with Crippen LogP contribution in [0.5, 0.6) is 0 Å². The molecule has 0 aromatic heterocycles. The fourth-order valence-corrected chi connectivity index (χ4v) is 0.399. The molecule has 0 unspecified atom stereocenters. The van der Waals surface area contributed by atoms with Gasteiger partial charge < -0.3 is 16.2 Å². The Bertz CT molecular complexity index is 255. The first-order valence-corrected chi connectivity index (χ1v) is 4.08. The van der Waals surface area contributed by atoms with Crippen molar-refractivity contribution in [3.63, 3.8) is 0 Å². The number of nitrogens with two attached hydrogens (primary N) is 2. The quantitative estimate of drug-likeness (QED) is 0.202. The van der Waals surface area contributed by atoms with Gasteiger partial charge in [0.2, 0.25) is 0 Å². The highest BCUT2D eigenvalue weighted by Crippen LogP contribution is 1.89. The highest BCUT2D eigenvalue weighted by Gasteiger charge is 1.98. The van der Waals surface area contributed by atoms with Crippen molar-refractivity contribution in [2.45, 2.75) is 13.8 Å². The summed E-state index contributed by atoms with van der Waals surface area (Å²) in [7, 11) is 0. The Hall–Kier alpha value is -1.76. The highest BCUT2D eigenvalue weighted by atomic mass is 35.5. The third kappa shape index (κ3) is 18.1. The van der Waals surface area contributed by atoms with Gasteiger partial charge in [-0.2, -0.15) is 0 Å². The van der Waals surface area contributed by atoms with Gasteiger partial charge in [0.25, 0.3) is 0 Å². The average Bonchev–Trinajstić information content (AvgIpc) is 2.02. The standard InChI is InChI=1S/C6H10O2.C2H7N5.ClH/c1-4-8-6(7)5(2)3;3-1(4)7-2(5)6;/h2,4H2,1,3H3;(H7,3,4,5,6,7);1H. The number of halogens is 1. The van der Waals surface area contributed by atoms with Gasteiger partial charge >= 0.3 is 5.97 Å². The third-order valence-electron chi connectivity index (χ3n) is 0.893. The Morgan fingerprint density at radius 1 is 1.38 bits per heavy atom. The molecule has 0 aliphatic heterocycles. The van der Waals surface area contributed by atoms with Crippen LogP contribution in [0.1, 0.15) is 13.8 Å². The van der Waals surface area contributed by atoms with Crippen molar-refractivity contribution in [1.82, 2.24) is 5.32 Å². The van der Waals surface area contributed by atoms with Crippen molar-refractivity contribution in [2.24, 2.45) is 11.5 Å². The van der Waals surface area contributed by atoms with E-state index >= 15 is 0 Å². The first-order valence-electron chi connectivity index (χ1n) is 4.08. The second-order valence-corrected chi connectivity index (χ2v) is 2.45. The molecule has 0 aromatic carbocycles. The van der Waals surface area contributed by atoms with E-state index in [0.717, 1.165) is 0 Å². The summed E-state index contributed by atoms with van der Waals surface area (Å²) < 4.78 is 4.56. The van der Waals surface area contributed by atoms with Gasteiger partial charge in [-0.1, -0.05) is 6.58 Å². The summed E-state index contributed by atoms with van der Waals surface area (Å²) in [4.78, 5) is 10.4. The minimum Gasteiger partial charge on any atom is -0.463 e. The molecule has 0 saturated carbocycles. The van der Waals surface area contributed by atoms with Crippen LogP contribution >= 0.6 is 12.4 Å². The van der Waals surface area contributed by atoms with Crippen LogP contribution in [0.3, 0.4) is 0 Å². The minimum atomic E-state index is -0.312. The maximum absolute atomic E-state index is 10.4. The SMILES string of the molecule is C=C(C)C(=O)OCC.Cl.N=C(N)NC(=N)N. The maximum atomic E-state index is 10.4. The molecule has 0 aliphatic rings. The molecule has 0 rings (SSSR count). The molecular weight excluding hydrogens is 234 g/mol. The molecule has 0 spiro atoms. The second-order valence-electron chi connectivity index (χ2n) is 2.45. The Morgan fingerprint density at radius 3 is 1.81 bits per heavy atom. The number of ether oxygens (including phenoxy) is 1. The molecule has 7 nitrogen and oxygen atoms in total. The lowest BCUT2D eigenvalue weighted by Crippen LogP contribution is -2.39. The van der Waals surface area contributed by atoms with Gasteiger partial charge in [0.05, 0.1) is 6.61 Å². The number of guanidine groups is 2. The van der Waals surface area contributed by atoms with Gasteiger partial charge in [0.15, 0.2) is 11.9 Å². The predicted octanol–water partition coefficient (Wildman–Crippen LogP) is -0.0897. The van der Waals surface area contributed by atoms with E-state index in [0.29, 0.717) is 12.2 Å². The molecule has 16 heavy (non-hydrogen) atoms. The molecule has 94 valence electrons. The summed E-state index contributed by atoms with van der Waals surface area (Å²) in [6.07, 6.45) is 0. The van der Waals surface area contributed by atoms with Crippen LogP contribution in [0.2, 0.25) is 0 Å². The number of rotatable bonds is 2. The highest BCUT2D eigenvalue weighted by molar-refractivity contribution is 5.93. The van der Waals surface area contributed by atoms with E-state index in [1.807, 2.05) is 5.32 Å². The summed E-state index contributed by atoms with van der Waals surface area (Å²) in [5, 5.41) is 15.0. The zero-order valence-corrected chi connectivity index (χ0v) is 10.1. The van der Waals surface area contributed by atoms with E-state index < -0.39 is 0 Å². The summed E-state index contributed by atoms with van der Waals surface area (Å²) in [5.41, 5.74) is 9.94. The molecule has 0 aliphatic carbocycles. The zero-order valence-electron chi connectivity index (χ0n) is 9.29. The minimum absolute atomic E-state index is 0. The predicted molar refractivity (Wildman–Crippen MR) is 65.7 cm³/mol. The summed E-state index contributed by atoms with van der Waals surface area (Å²) in [5.74, 6) is -0.937. The van der Waals surface area contributed by atoms with E-state index in [9.17, 15) is 4.79 Å². The molecule has 0 amide bonds. The smallest absolute Gasteiger partial charge is 0.333 e. The van der Waals surface area contributed by atoms with Crippen molar-refractivity contribution in [3.05, 3.63) is 12.2 Å². The summed E-state index contributed by atoms with van der Waals surface area (Å²) >= 11 is 0. The molecule has 0 atom stereocenters. The second kappa shape index (κ2) is 11.3. The topological polar surface area (TPSA) is 138 Å². The van der Waals surface area contributed by atoms with E-state index in [4.69, 9.17) is 22.3 Å². The Kier molecular flexibility index (Phi) is 14.0. The molecule has 0 bridgehead atoms. The fraction of sp³-hybridized carbons (Fsp3) is 0.375. The molecule has 8 heteroatoms. The van der Waals surface area contributed by atoms with Crippen molar-refractivity contribution >= 4 is 30.3 Å². The van der Waals surface area contributed by atoms with Crippen LogP contribution in [-0.2, 0) is 9.53 Å². The van der Waals surface area contributed by atoms with E-state index in [-0.39, 0.29) is 30.3 Å². The molecule has 0 heterocycles. The van der Waals surface area contributed by atoms with Gasteiger partial charge in [0.1, 0.15) is 0 Å². The number of carbonyl (C=O) groups excluding carboxylic acids is 1. The summed E-state index contributed by atoms with van der Waals surface area (Å²) in [6, 6.07) is 0. The van der Waals surface area contributed by atoms with Crippen LogP contribution in [-0.4, -0.2) is 24.5 Å². The van der Waals surface area contributed by atoms with Crippen molar-refractivity contribution in [3.8, 4) is 0 Å². The number of carbonyl (C=O) groups is 1. The van der Waals surface area contributed by atoms with Crippen LogP contribution in [0.4, 0.5) is 0 Å².